The average Bonchev–Trinajstić information content (AvgIpc) is 2.79. The van der Waals surface area contributed by atoms with Gasteiger partial charge in [-0.2, -0.15) is 5.10 Å². The molecule has 0 heterocycles. The fourth-order valence-electron chi connectivity index (χ4n) is 2.71. The lowest BCUT2D eigenvalue weighted by atomic mass is 10.2. The summed E-state index contributed by atoms with van der Waals surface area (Å²) in [5.74, 6) is -1.47. The third kappa shape index (κ3) is 5.71. The van der Waals surface area contributed by atoms with Crippen molar-refractivity contribution in [3.05, 3.63) is 90.2 Å². The monoisotopic (exact) mass is 457 g/mol. The molecule has 3 rings (SSSR count). The van der Waals surface area contributed by atoms with Gasteiger partial charge in [-0.15, -0.1) is 11.8 Å². The molecule has 9 heteroatoms. The van der Waals surface area contributed by atoms with Crippen LogP contribution in [0.3, 0.4) is 0 Å². The second-order valence-corrected chi connectivity index (χ2v) is 9.08. The number of carbonyl (C=O) groups excluding carboxylic acids is 1. The van der Waals surface area contributed by atoms with E-state index in [2.05, 4.69) is 10.5 Å². The first-order valence-corrected chi connectivity index (χ1v) is 11.9. The van der Waals surface area contributed by atoms with Gasteiger partial charge >= 0.3 is 0 Å². The van der Waals surface area contributed by atoms with Gasteiger partial charge < -0.3 is 0 Å². The van der Waals surface area contributed by atoms with E-state index in [1.807, 2.05) is 30.5 Å². The summed E-state index contributed by atoms with van der Waals surface area (Å²) in [4.78, 5) is 13.5. The molecule has 160 valence electrons. The third-order valence-corrected chi connectivity index (χ3v) is 6.78. The molecule has 0 saturated heterocycles. The number of hydrogen-bond acceptors (Lipinski definition) is 5. The largest absolute Gasteiger partial charge is 0.271 e. The van der Waals surface area contributed by atoms with E-state index in [9.17, 15) is 17.6 Å². The van der Waals surface area contributed by atoms with E-state index < -0.39 is 28.3 Å². The van der Waals surface area contributed by atoms with Gasteiger partial charge in [-0.1, -0.05) is 42.5 Å². The van der Waals surface area contributed by atoms with Crippen molar-refractivity contribution >= 4 is 39.6 Å². The molecular formula is C22H20FN3O3S2. The summed E-state index contributed by atoms with van der Waals surface area (Å²) in [7, 11) is -4.18. The number of hydrogen-bond donors (Lipinski definition) is 1. The first-order valence-electron chi connectivity index (χ1n) is 9.20. The minimum absolute atomic E-state index is 0.0524. The highest BCUT2D eigenvalue weighted by Crippen LogP contribution is 2.25. The molecule has 0 radical (unpaired) electrons. The van der Waals surface area contributed by atoms with Crippen LogP contribution in [-0.4, -0.2) is 33.3 Å². The van der Waals surface area contributed by atoms with Crippen LogP contribution in [0.2, 0.25) is 0 Å². The number of sulfonamides is 1. The van der Waals surface area contributed by atoms with Crippen LogP contribution in [0.25, 0.3) is 0 Å². The lowest BCUT2D eigenvalue weighted by molar-refractivity contribution is -0.119. The number of thioether (sulfide) groups is 1. The van der Waals surface area contributed by atoms with Crippen molar-refractivity contribution in [2.75, 3.05) is 17.1 Å². The number of nitrogens with one attached hydrogen (secondary N) is 1. The molecule has 0 aromatic heterocycles. The van der Waals surface area contributed by atoms with Crippen molar-refractivity contribution in [3.63, 3.8) is 0 Å². The number of nitrogens with zero attached hydrogens (tertiary/aromatic N) is 2. The SMILES string of the molecule is CSc1ccc(/C=N\NC(=O)CN(c2ccccc2F)S(=O)(=O)c2ccccc2)cc1. The number of benzene rings is 3. The molecule has 0 aliphatic rings. The minimum atomic E-state index is -4.18. The fourth-order valence-corrected chi connectivity index (χ4v) is 4.57. The summed E-state index contributed by atoms with van der Waals surface area (Å²) in [5.41, 5.74) is 2.84. The normalized spacial score (nSPS) is 11.4. The molecule has 0 bridgehead atoms. The number of para-hydroxylation sites is 1. The lowest BCUT2D eigenvalue weighted by Gasteiger charge is -2.24. The summed E-state index contributed by atoms with van der Waals surface area (Å²) in [5, 5.41) is 3.87. The molecule has 0 spiro atoms. The zero-order valence-corrected chi connectivity index (χ0v) is 18.2. The Labute approximate surface area is 184 Å². The molecule has 0 aliphatic heterocycles. The van der Waals surface area contributed by atoms with E-state index >= 15 is 0 Å². The van der Waals surface area contributed by atoms with Crippen LogP contribution in [0.5, 0.6) is 0 Å². The van der Waals surface area contributed by atoms with Crippen molar-refractivity contribution < 1.29 is 17.6 Å². The first-order chi connectivity index (χ1) is 14.9. The third-order valence-electron chi connectivity index (χ3n) is 4.26. The maximum atomic E-state index is 14.4. The fraction of sp³-hybridized carbons (Fsp3) is 0.0909. The average molecular weight is 458 g/mol. The summed E-state index contributed by atoms with van der Waals surface area (Å²) in [6.07, 6.45) is 3.41. The van der Waals surface area contributed by atoms with E-state index in [4.69, 9.17) is 0 Å². The van der Waals surface area contributed by atoms with Crippen molar-refractivity contribution in [1.29, 1.82) is 0 Å². The van der Waals surface area contributed by atoms with E-state index in [1.54, 1.807) is 30.0 Å². The van der Waals surface area contributed by atoms with Crippen molar-refractivity contribution in [1.82, 2.24) is 5.43 Å². The molecule has 0 aliphatic carbocycles. The first kappa shape index (κ1) is 22.5. The predicted octanol–water partition coefficient (Wildman–Crippen LogP) is 3.89. The molecule has 0 unspecified atom stereocenters. The lowest BCUT2D eigenvalue weighted by Crippen LogP contribution is -2.40. The van der Waals surface area contributed by atoms with Gasteiger partial charge in [-0.25, -0.2) is 18.2 Å². The number of carbonyl (C=O) groups is 1. The number of halogens is 1. The Kier molecular flexibility index (Phi) is 7.43. The molecule has 31 heavy (non-hydrogen) atoms. The van der Waals surface area contributed by atoms with Gasteiger partial charge in [0, 0.05) is 4.90 Å². The topological polar surface area (TPSA) is 78.8 Å². The standard InChI is InChI=1S/C22H20FN3O3S2/c1-30-18-13-11-17(12-14-18)15-24-25-22(27)16-26(21-10-6-5-9-20(21)23)31(28,29)19-7-3-2-4-8-19/h2-15H,16H2,1H3,(H,25,27)/b24-15-. The number of amides is 1. The summed E-state index contributed by atoms with van der Waals surface area (Å²) >= 11 is 1.61. The van der Waals surface area contributed by atoms with E-state index in [0.29, 0.717) is 0 Å². The highest BCUT2D eigenvalue weighted by atomic mass is 32.2. The molecule has 3 aromatic rings. The second kappa shape index (κ2) is 10.2. The number of rotatable bonds is 8. The van der Waals surface area contributed by atoms with Gasteiger partial charge in [-0.3, -0.25) is 9.10 Å². The van der Waals surface area contributed by atoms with Crippen molar-refractivity contribution in [3.8, 4) is 0 Å². The maximum absolute atomic E-state index is 14.4. The zero-order chi connectivity index (χ0) is 22.3. The van der Waals surface area contributed by atoms with Crippen LogP contribution in [0, 0.1) is 5.82 Å². The summed E-state index contributed by atoms with van der Waals surface area (Å²) < 4.78 is 41.4. The van der Waals surface area contributed by atoms with Crippen molar-refractivity contribution in [2.24, 2.45) is 5.10 Å². The molecule has 3 aromatic carbocycles. The van der Waals surface area contributed by atoms with Gasteiger partial charge in [0.1, 0.15) is 12.4 Å². The molecule has 1 amide bonds. The van der Waals surface area contributed by atoms with Crippen LogP contribution >= 0.6 is 11.8 Å². The Hall–Kier alpha value is -3.17. The quantitative estimate of drug-likeness (QED) is 0.316. The van der Waals surface area contributed by atoms with Crippen LogP contribution in [0.4, 0.5) is 10.1 Å². The van der Waals surface area contributed by atoms with Gasteiger partial charge in [0.2, 0.25) is 0 Å². The van der Waals surface area contributed by atoms with Crippen LogP contribution in [0.1, 0.15) is 5.56 Å². The smallest absolute Gasteiger partial charge is 0.264 e. The highest BCUT2D eigenvalue weighted by molar-refractivity contribution is 7.98. The molecular weight excluding hydrogens is 437 g/mol. The molecule has 0 saturated carbocycles. The van der Waals surface area contributed by atoms with Crippen molar-refractivity contribution in [2.45, 2.75) is 9.79 Å². The van der Waals surface area contributed by atoms with Crippen LogP contribution < -0.4 is 9.73 Å². The molecule has 0 fully saturated rings. The highest BCUT2D eigenvalue weighted by Gasteiger charge is 2.28. The van der Waals surface area contributed by atoms with Crippen LogP contribution in [-0.2, 0) is 14.8 Å². The van der Waals surface area contributed by atoms with E-state index in [1.165, 1.54) is 36.5 Å². The van der Waals surface area contributed by atoms with Gasteiger partial charge in [-0.05, 0) is 48.2 Å². The second-order valence-electron chi connectivity index (χ2n) is 6.34. The van der Waals surface area contributed by atoms with E-state index in [0.717, 1.165) is 20.8 Å². The Morgan fingerprint density at radius 3 is 2.32 bits per heavy atom. The zero-order valence-electron chi connectivity index (χ0n) is 16.6. The Balaban J connectivity index is 1.81. The minimum Gasteiger partial charge on any atom is -0.271 e. The van der Waals surface area contributed by atoms with Crippen LogP contribution in [0.15, 0.2) is 93.8 Å². The predicted molar refractivity (Wildman–Crippen MR) is 121 cm³/mol. The molecule has 0 atom stereocenters. The molecule has 1 N–H and O–H groups in total. The Morgan fingerprint density at radius 1 is 1.03 bits per heavy atom. The van der Waals surface area contributed by atoms with Gasteiger partial charge in [0.05, 0.1) is 16.8 Å². The summed E-state index contributed by atoms with van der Waals surface area (Å²) in [6, 6.07) is 20.4. The van der Waals surface area contributed by atoms with Gasteiger partial charge in [0.15, 0.2) is 0 Å². The molecule has 6 nitrogen and oxygen atoms in total. The Morgan fingerprint density at radius 2 is 1.68 bits per heavy atom. The number of anilines is 1. The van der Waals surface area contributed by atoms with E-state index in [-0.39, 0.29) is 10.6 Å². The summed E-state index contributed by atoms with van der Waals surface area (Å²) in [6.45, 7) is -0.638. The maximum Gasteiger partial charge on any atom is 0.264 e. The van der Waals surface area contributed by atoms with Gasteiger partial charge in [0.25, 0.3) is 15.9 Å². The number of hydrazone groups is 1. The Bertz CT molecular complexity index is 1170.